The van der Waals surface area contributed by atoms with E-state index in [1.165, 1.54) is 38.9 Å². The van der Waals surface area contributed by atoms with Crippen LogP contribution in [0, 0.1) is 0 Å². The van der Waals surface area contributed by atoms with Crippen LogP contribution in [0.1, 0.15) is 23.6 Å². The molecule has 0 radical (unpaired) electrons. The Bertz CT molecular complexity index is 969. The van der Waals surface area contributed by atoms with Crippen LogP contribution in [0.15, 0.2) is 72.3 Å². The SMILES string of the molecule is Cn1c2c(c3ccccc31)-c1ccccc1C2C1=CCC=C1. The summed E-state index contributed by atoms with van der Waals surface area (Å²) in [6, 6.07) is 17.7. The van der Waals surface area contributed by atoms with Crippen molar-refractivity contribution in [3.05, 3.63) is 83.6 Å². The molecule has 0 saturated heterocycles. The van der Waals surface area contributed by atoms with E-state index in [0.29, 0.717) is 5.92 Å². The molecule has 5 rings (SSSR count). The molecule has 0 amide bonds. The predicted molar refractivity (Wildman–Crippen MR) is 92.0 cm³/mol. The molecule has 1 nitrogen and oxygen atoms in total. The Balaban J connectivity index is 1.93. The Morgan fingerprint density at radius 2 is 1.82 bits per heavy atom. The smallest absolute Gasteiger partial charge is 0.0502 e. The number of hydrogen-bond donors (Lipinski definition) is 0. The number of allylic oxidation sites excluding steroid dienone is 4. The van der Waals surface area contributed by atoms with Gasteiger partial charge in [-0.3, -0.25) is 0 Å². The van der Waals surface area contributed by atoms with E-state index in [1.54, 1.807) is 0 Å². The van der Waals surface area contributed by atoms with Gasteiger partial charge in [0.15, 0.2) is 0 Å². The van der Waals surface area contributed by atoms with Crippen molar-refractivity contribution in [2.45, 2.75) is 12.3 Å². The zero-order valence-corrected chi connectivity index (χ0v) is 12.6. The summed E-state index contributed by atoms with van der Waals surface area (Å²) in [4.78, 5) is 0. The highest BCUT2D eigenvalue weighted by molar-refractivity contribution is 6.02. The first-order chi connectivity index (χ1) is 10.9. The Hall–Kier alpha value is -2.54. The minimum absolute atomic E-state index is 0.377. The largest absolute Gasteiger partial charge is 0.346 e. The number of fused-ring (bicyclic) bond motifs is 5. The number of benzene rings is 2. The van der Waals surface area contributed by atoms with Crippen LogP contribution in [0.25, 0.3) is 22.0 Å². The molecule has 0 N–H and O–H groups in total. The minimum atomic E-state index is 0.377. The van der Waals surface area contributed by atoms with Gasteiger partial charge >= 0.3 is 0 Å². The normalized spacial score (nSPS) is 18.6. The molecular weight excluding hydrogens is 266 g/mol. The van der Waals surface area contributed by atoms with Crippen LogP contribution in [0.5, 0.6) is 0 Å². The Morgan fingerprint density at radius 1 is 1.00 bits per heavy atom. The highest BCUT2D eigenvalue weighted by Crippen LogP contribution is 2.52. The van der Waals surface area contributed by atoms with E-state index < -0.39 is 0 Å². The van der Waals surface area contributed by atoms with Crippen LogP contribution in [0.4, 0.5) is 0 Å². The summed E-state index contributed by atoms with van der Waals surface area (Å²) in [5.74, 6) is 0.377. The van der Waals surface area contributed by atoms with Gasteiger partial charge in [-0.2, -0.15) is 0 Å². The molecule has 0 saturated carbocycles. The van der Waals surface area contributed by atoms with E-state index in [9.17, 15) is 0 Å². The number of hydrogen-bond acceptors (Lipinski definition) is 0. The van der Waals surface area contributed by atoms with Crippen LogP contribution in [-0.4, -0.2) is 4.57 Å². The number of rotatable bonds is 1. The Kier molecular flexibility index (Phi) is 2.32. The first kappa shape index (κ1) is 12.0. The van der Waals surface area contributed by atoms with Gasteiger partial charge in [0.2, 0.25) is 0 Å². The molecule has 0 spiro atoms. The lowest BCUT2D eigenvalue weighted by atomic mass is 9.92. The molecule has 0 aliphatic heterocycles. The third-order valence-electron chi connectivity index (χ3n) is 5.10. The van der Waals surface area contributed by atoms with E-state index in [2.05, 4.69) is 78.4 Å². The molecule has 1 aromatic heterocycles. The van der Waals surface area contributed by atoms with E-state index in [4.69, 9.17) is 0 Å². The average molecular weight is 283 g/mol. The summed E-state index contributed by atoms with van der Waals surface area (Å²) in [6.45, 7) is 0. The van der Waals surface area contributed by atoms with E-state index in [1.807, 2.05) is 0 Å². The maximum Gasteiger partial charge on any atom is 0.0502 e. The second kappa shape index (κ2) is 4.23. The molecule has 2 aliphatic rings. The lowest BCUT2D eigenvalue weighted by molar-refractivity contribution is 0.833. The molecule has 1 atom stereocenters. The fourth-order valence-corrected chi connectivity index (χ4v) is 4.19. The van der Waals surface area contributed by atoms with Crippen molar-refractivity contribution in [3.8, 4) is 11.1 Å². The van der Waals surface area contributed by atoms with Crippen molar-refractivity contribution in [1.29, 1.82) is 0 Å². The van der Waals surface area contributed by atoms with Crippen LogP contribution >= 0.6 is 0 Å². The van der Waals surface area contributed by atoms with Crippen LogP contribution in [-0.2, 0) is 7.05 Å². The summed E-state index contributed by atoms with van der Waals surface area (Å²) in [5, 5.41) is 1.37. The fourth-order valence-electron chi connectivity index (χ4n) is 4.19. The van der Waals surface area contributed by atoms with Crippen LogP contribution in [0.2, 0.25) is 0 Å². The first-order valence-electron chi connectivity index (χ1n) is 7.89. The topological polar surface area (TPSA) is 4.93 Å². The second-order valence-corrected chi connectivity index (χ2v) is 6.20. The fraction of sp³-hybridized carbons (Fsp3) is 0.143. The summed E-state index contributed by atoms with van der Waals surface area (Å²) >= 11 is 0. The predicted octanol–water partition coefficient (Wildman–Crippen LogP) is 5.18. The summed E-state index contributed by atoms with van der Waals surface area (Å²) in [6.07, 6.45) is 7.99. The molecule has 0 fully saturated rings. The van der Waals surface area contributed by atoms with E-state index in [0.717, 1.165) is 6.42 Å². The number of aryl methyl sites for hydroxylation is 1. The molecular formula is C21H17N. The molecule has 106 valence electrons. The van der Waals surface area contributed by atoms with Gasteiger partial charge in [0.05, 0.1) is 5.92 Å². The van der Waals surface area contributed by atoms with Gasteiger partial charge in [-0.15, -0.1) is 0 Å². The third kappa shape index (κ3) is 1.38. The van der Waals surface area contributed by atoms with Crippen LogP contribution < -0.4 is 0 Å². The molecule has 3 aromatic rings. The molecule has 22 heavy (non-hydrogen) atoms. The highest BCUT2D eigenvalue weighted by atomic mass is 15.0. The summed E-state index contributed by atoms with van der Waals surface area (Å²) < 4.78 is 2.39. The van der Waals surface area contributed by atoms with Crippen molar-refractivity contribution in [3.63, 3.8) is 0 Å². The van der Waals surface area contributed by atoms with Crippen molar-refractivity contribution in [2.24, 2.45) is 7.05 Å². The molecule has 1 heterocycles. The van der Waals surface area contributed by atoms with Crippen LogP contribution in [0.3, 0.4) is 0 Å². The zero-order chi connectivity index (χ0) is 14.7. The van der Waals surface area contributed by atoms with Gasteiger partial charge in [-0.25, -0.2) is 0 Å². The van der Waals surface area contributed by atoms with Gasteiger partial charge in [0.1, 0.15) is 0 Å². The van der Waals surface area contributed by atoms with Gasteiger partial charge in [-0.05, 0) is 29.2 Å². The highest BCUT2D eigenvalue weighted by Gasteiger charge is 2.35. The maximum atomic E-state index is 2.39. The number of aromatic nitrogens is 1. The van der Waals surface area contributed by atoms with Crippen molar-refractivity contribution < 1.29 is 0 Å². The van der Waals surface area contributed by atoms with Crippen molar-refractivity contribution >= 4 is 10.9 Å². The van der Waals surface area contributed by atoms with Gasteiger partial charge in [0.25, 0.3) is 0 Å². The lowest BCUT2D eigenvalue weighted by Gasteiger charge is -2.16. The zero-order valence-electron chi connectivity index (χ0n) is 12.6. The van der Waals surface area contributed by atoms with Crippen molar-refractivity contribution in [1.82, 2.24) is 4.57 Å². The Morgan fingerprint density at radius 3 is 2.68 bits per heavy atom. The quantitative estimate of drug-likeness (QED) is 0.580. The van der Waals surface area contributed by atoms with Gasteiger partial charge in [-0.1, -0.05) is 60.7 Å². The van der Waals surface area contributed by atoms with Gasteiger partial charge < -0.3 is 4.57 Å². The van der Waals surface area contributed by atoms with Gasteiger partial charge in [0, 0.05) is 29.2 Å². The maximum absolute atomic E-state index is 2.39. The standard InChI is InChI=1S/C21H17N/c1-22-18-13-7-6-12-17(18)20-16-11-5-4-10-15(16)19(21(20)22)14-8-2-3-9-14/h2,4-13,19H,3H2,1H3. The first-order valence-corrected chi connectivity index (χ1v) is 7.89. The lowest BCUT2D eigenvalue weighted by Crippen LogP contribution is -2.04. The minimum Gasteiger partial charge on any atom is -0.346 e. The molecule has 2 aliphatic carbocycles. The van der Waals surface area contributed by atoms with Crippen molar-refractivity contribution in [2.75, 3.05) is 0 Å². The average Bonchev–Trinajstić information content (AvgIpc) is 3.24. The molecule has 0 bridgehead atoms. The Labute approximate surface area is 130 Å². The summed E-state index contributed by atoms with van der Waals surface area (Å²) in [7, 11) is 2.21. The van der Waals surface area contributed by atoms with E-state index in [-0.39, 0.29) is 0 Å². The number of nitrogens with zero attached hydrogens (tertiary/aromatic N) is 1. The van der Waals surface area contributed by atoms with E-state index >= 15 is 0 Å². The molecule has 1 heteroatoms. The second-order valence-electron chi connectivity index (χ2n) is 6.20. The third-order valence-corrected chi connectivity index (χ3v) is 5.10. The summed E-state index contributed by atoms with van der Waals surface area (Å²) in [5.41, 5.74) is 8.50. The monoisotopic (exact) mass is 283 g/mol. The number of para-hydroxylation sites is 1. The molecule has 2 aromatic carbocycles. The molecule has 1 unspecified atom stereocenters.